The maximum atomic E-state index is 5.86. The number of hydroxylamine groups is 2. The Bertz CT molecular complexity index is 334. The molecule has 0 amide bonds. The SMILES string of the molecule is Cc1cccc(C(CN)N2CCCCO2)c1. The maximum Gasteiger partial charge on any atom is 0.0724 e. The van der Waals surface area contributed by atoms with Gasteiger partial charge in [-0.1, -0.05) is 29.8 Å². The molecule has 1 atom stereocenters. The van der Waals surface area contributed by atoms with E-state index in [4.69, 9.17) is 10.6 Å². The van der Waals surface area contributed by atoms with E-state index < -0.39 is 0 Å². The van der Waals surface area contributed by atoms with Gasteiger partial charge in [-0.15, -0.1) is 0 Å². The van der Waals surface area contributed by atoms with E-state index in [0.29, 0.717) is 6.54 Å². The van der Waals surface area contributed by atoms with E-state index in [1.165, 1.54) is 17.5 Å². The number of benzene rings is 1. The Labute approximate surface area is 97.1 Å². The highest BCUT2D eigenvalue weighted by atomic mass is 16.7. The molecule has 0 bridgehead atoms. The van der Waals surface area contributed by atoms with Gasteiger partial charge in [0.1, 0.15) is 0 Å². The fourth-order valence-corrected chi connectivity index (χ4v) is 2.16. The van der Waals surface area contributed by atoms with Crippen LogP contribution in [-0.4, -0.2) is 24.8 Å². The number of aryl methyl sites for hydroxylation is 1. The van der Waals surface area contributed by atoms with Gasteiger partial charge in [0.05, 0.1) is 12.6 Å². The monoisotopic (exact) mass is 220 g/mol. The highest BCUT2D eigenvalue weighted by Crippen LogP contribution is 2.23. The van der Waals surface area contributed by atoms with E-state index >= 15 is 0 Å². The first-order chi connectivity index (χ1) is 7.81. The summed E-state index contributed by atoms with van der Waals surface area (Å²) in [6.45, 7) is 4.51. The van der Waals surface area contributed by atoms with Crippen LogP contribution in [0.25, 0.3) is 0 Å². The lowest BCUT2D eigenvalue weighted by molar-refractivity contribution is -0.206. The number of hydrogen-bond donors (Lipinski definition) is 1. The van der Waals surface area contributed by atoms with Gasteiger partial charge in [-0.2, -0.15) is 5.06 Å². The molecule has 16 heavy (non-hydrogen) atoms. The molecular weight excluding hydrogens is 200 g/mol. The molecule has 3 nitrogen and oxygen atoms in total. The zero-order chi connectivity index (χ0) is 11.4. The van der Waals surface area contributed by atoms with Crippen molar-refractivity contribution >= 4 is 0 Å². The molecule has 1 aliphatic rings. The second-order valence-electron chi connectivity index (χ2n) is 4.35. The Morgan fingerprint density at radius 3 is 2.94 bits per heavy atom. The predicted molar refractivity (Wildman–Crippen MR) is 64.9 cm³/mol. The standard InChI is InChI=1S/C13H20N2O/c1-11-5-4-6-12(9-11)13(10-14)15-7-2-3-8-16-15/h4-6,9,13H,2-3,7-8,10,14H2,1H3. The van der Waals surface area contributed by atoms with Gasteiger partial charge in [0.2, 0.25) is 0 Å². The van der Waals surface area contributed by atoms with E-state index in [2.05, 4.69) is 31.2 Å². The van der Waals surface area contributed by atoms with Crippen molar-refractivity contribution in [2.75, 3.05) is 19.7 Å². The topological polar surface area (TPSA) is 38.5 Å². The summed E-state index contributed by atoms with van der Waals surface area (Å²) in [6.07, 6.45) is 2.35. The third-order valence-electron chi connectivity index (χ3n) is 3.03. The van der Waals surface area contributed by atoms with Crippen molar-refractivity contribution in [2.24, 2.45) is 5.73 Å². The second-order valence-corrected chi connectivity index (χ2v) is 4.35. The first-order valence-corrected chi connectivity index (χ1v) is 5.97. The molecule has 1 heterocycles. The van der Waals surface area contributed by atoms with Gasteiger partial charge in [-0.25, -0.2) is 0 Å². The molecular formula is C13H20N2O. The van der Waals surface area contributed by atoms with E-state index in [9.17, 15) is 0 Å². The summed E-state index contributed by atoms with van der Waals surface area (Å²) in [5.41, 5.74) is 8.39. The average molecular weight is 220 g/mol. The van der Waals surface area contributed by atoms with Gasteiger partial charge in [0, 0.05) is 13.1 Å². The summed E-state index contributed by atoms with van der Waals surface area (Å²) in [5.74, 6) is 0. The normalized spacial score (nSPS) is 19.6. The molecule has 0 radical (unpaired) electrons. The van der Waals surface area contributed by atoms with Gasteiger partial charge < -0.3 is 5.73 Å². The van der Waals surface area contributed by atoms with E-state index in [1.807, 2.05) is 5.06 Å². The minimum Gasteiger partial charge on any atom is -0.329 e. The van der Waals surface area contributed by atoms with Crippen molar-refractivity contribution in [3.05, 3.63) is 35.4 Å². The van der Waals surface area contributed by atoms with Crippen LogP contribution < -0.4 is 5.73 Å². The zero-order valence-corrected chi connectivity index (χ0v) is 9.86. The van der Waals surface area contributed by atoms with Crippen LogP contribution in [0.2, 0.25) is 0 Å². The molecule has 3 heteroatoms. The second kappa shape index (κ2) is 5.43. The minimum atomic E-state index is 0.195. The van der Waals surface area contributed by atoms with Gasteiger partial charge in [-0.05, 0) is 25.3 Å². The predicted octanol–water partition coefficient (Wildman–Crippen LogP) is 2.02. The summed E-state index contributed by atoms with van der Waals surface area (Å²) in [4.78, 5) is 5.68. The Kier molecular flexibility index (Phi) is 3.93. The fourth-order valence-electron chi connectivity index (χ4n) is 2.16. The number of nitrogens with zero attached hydrogens (tertiary/aromatic N) is 1. The summed E-state index contributed by atoms with van der Waals surface area (Å²) >= 11 is 0. The summed E-state index contributed by atoms with van der Waals surface area (Å²) < 4.78 is 0. The third kappa shape index (κ3) is 2.61. The largest absolute Gasteiger partial charge is 0.329 e. The third-order valence-corrected chi connectivity index (χ3v) is 3.03. The number of hydrogen-bond acceptors (Lipinski definition) is 3. The molecule has 88 valence electrons. The van der Waals surface area contributed by atoms with Crippen LogP contribution in [-0.2, 0) is 4.84 Å². The van der Waals surface area contributed by atoms with Crippen LogP contribution in [0.3, 0.4) is 0 Å². The van der Waals surface area contributed by atoms with Crippen molar-refractivity contribution in [2.45, 2.75) is 25.8 Å². The molecule has 1 aromatic rings. The Morgan fingerprint density at radius 1 is 1.44 bits per heavy atom. The van der Waals surface area contributed by atoms with Crippen LogP contribution in [0, 0.1) is 6.92 Å². The lowest BCUT2D eigenvalue weighted by atomic mass is 10.0. The van der Waals surface area contributed by atoms with Gasteiger partial charge in [0.25, 0.3) is 0 Å². The van der Waals surface area contributed by atoms with Crippen molar-refractivity contribution in [3.8, 4) is 0 Å². The van der Waals surface area contributed by atoms with Crippen molar-refractivity contribution in [3.63, 3.8) is 0 Å². The van der Waals surface area contributed by atoms with Crippen LogP contribution in [0.5, 0.6) is 0 Å². The molecule has 1 aromatic carbocycles. The molecule has 1 fully saturated rings. The molecule has 1 unspecified atom stereocenters. The van der Waals surface area contributed by atoms with Crippen LogP contribution >= 0.6 is 0 Å². The van der Waals surface area contributed by atoms with Crippen molar-refractivity contribution in [1.29, 1.82) is 0 Å². The quantitative estimate of drug-likeness (QED) is 0.847. The molecule has 2 rings (SSSR count). The minimum absolute atomic E-state index is 0.195. The van der Waals surface area contributed by atoms with Gasteiger partial charge in [-0.3, -0.25) is 4.84 Å². The zero-order valence-electron chi connectivity index (χ0n) is 9.86. The van der Waals surface area contributed by atoms with Crippen molar-refractivity contribution in [1.82, 2.24) is 5.06 Å². The van der Waals surface area contributed by atoms with E-state index in [1.54, 1.807) is 0 Å². The van der Waals surface area contributed by atoms with E-state index in [-0.39, 0.29) is 6.04 Å². The Hall–Kier alpha value is -0.900. The van der Waals surface area contributed by atoms with Gasteiger partial charge >= 0.3 is 0 Å². The fraction of sp³-hybridized carbons (Fsp3) is 0.538. The van der Waals surface area contributed by atoms with Gasteiger partial charge in [0.15, 0.2) is 0 Å². The first-order valence-electron chi connectivity index (χ1n) is 5.97. The van der Waals surface area contributed by atoms with Crippen LogP contribution in [0.15, 0.2) is 24.3 Å². The molecule has 1 saturated heterocycles. The lowest BCUT2D eigenvalue weighted by Gasteiger charge is -2.33. The highest BCUT2D eigenvalue weighted by Gasteiger charge is 2.21. The summed E-state index contributed by atoms with van der Waals surface area (Å²) in [5, 5.41) is 2.04. The highest BCUT2D eigenvalue weighted by molar-refractivity contribution is 5.25. The number of rotatable bonds is 3. The lowest BCUT2D eigenvalue weighted by Crippen LogP contribution is -2.37. The molecule has 1 aliphatic heterocycles. The Balaban J connectivity index is 2.14. The number of nitrogens with two attached hydrogens (primary N) is 1. The van der Waals surface area contributed by atoms with Crippen LogP contribution in [0.1, 0.15) is 30.0 Å². The molecule has 2 N–H and O–H groups in total. The molecule has 0 aromatic heterocycles. The smallest absolute Gasteiger partial charge is 0.0724 e. The summed E-state index contributed by atoms with van der Waals surface area (Å²) in [6, 6.07) is 8.70. The molecule has 0 saturated carbocycles. The van der Waals surface area contributed by atoms with Crippen LogP contribution in [0.4, 0.5) is 0 Å². The molecule has 0 aliphatic carbocycles. The Morgan fingerprint density at radius 2 is 2.31 bits per heavy atom. The van der Waals surface area contributed by atoms with E-state index in [0.717, 1.165) is 19.6 Å². The average Bonchev–Trinajstić information content (AvgIpc) is 2.31. The molecule has 0 spiro atoms. The maximum absolute atomic E-state index is 5.86. The first kappa shape index (κ1) is 11.6. The van der Waals surface area contributed by atoms with Crippen molar-refractivity contribution < 1.29 is 4.84 Å². The summed E-state index contributed by atoms with van der Waals surface area (Å²) in [7, 11) is 0.